The molecule has 3 rings (SSSR count). The first-order valence-electron chi connectivity index (χ1n) is 8.22. The van der Waals surface area contributed by atoms with Crippen molar-refractivity contribution in [2.24, 2.45) is 5.92 Å². The van der Waals surface area contributed by atoms with Crippen LogP contribution in [0.2, 0.25) is 0 Å². The summed E-state index contributed by atoms with van der Waals surface area (Å²) in [7, 11) is 1.49. The Morgan fingerprint density at radius 3 is 2.80 bits per heavy atom. The molecular weight excluding hydrogens is 331 g/mol. The van der Waals surface area contributed by atoms with Gasteiger partial charge in [-0.1, -0.05) is 0 Å². The van der Waals surface area contributed by atoms with Crippen LogP contribution in [0.1, 0.15) is 30.8 Å². The van der Waals surface area contributed by atoms with Gasteiger partial charge in [-0.25, -0.2) is 18.2 Å². The molecule has 7 heteroatoms. The highest BCUT2D eigenvalue weighted by atomic mass is 19.1. The van der Waals surface area contributed by atoms with Crippen LogP contribution >= 0.6 is 0 Å². The Bertz CT molecular complexity index is 756. The minimum Gasteiger partial charge on any atom is -0.481 e. The van der Waals surface area contributed by atoms with E-state index in [1.165, 1.54) is 19.2 Å². The van der Waals surface area contributed by atoms with E-state index in [0.717, 1.165) is 25.2 Å². The van der Waals surface area contributed by atoms with Crippen molar-refractivity contribution < 1.29 is 17.9 Å². The fraction of sp³-hybridized carbons (Fsp3) is 0.444. The van der Waals surface area contributed by atoms with Crippen LogP contribution in [0.25, 0.3) is 0 Å². The van der Waals surface area contributed by atoms with Gasteiger partial charge in [0.05, 0.1) is 30.7 Å². The molecular formula is C18H20F3N3O. The molecule has 1 fully saturated rings. The molecule has 0 radical (unpaired) electrons. The molecule has 0 amide bonds. The monoisotopic (exact) mass is 351 g/mol. The lowest BCUT2D eigenvalue weighted by Gasteiger charge is -2.24. The number of hydrogen-bond acceptors (Lipinski definition) is 4. The first-order chi connectivity index (χ1) is 12.0. The number of halogens is 3. The van der Waals surface area contributed by atoms with Gasteiger partial charge in [0.25, 0.3) is 0 Å². The molecule has 0 unspecified atom stereocenters. The second-order valence-corrected chi connectivity index (χ2v) is 6.33. The highest BCUT2D eigenvalue weighted by molar-refractivity contribution is 5.20. The van der Waals surface area contributed by atoms with Gasteiger partial charge in [-0.3, -0.25) is 9.88 Å². The highest BCUT2D eigenvalue weighted by Gasteiger charge is 2.30. The number of hydrogen-bond donors (Lipinski definition) is 0. The number of methoxy groups -OCH3 is 1. The molecule has 2 aromatic heterocycles. The summed E-state index contributed by atoms with van der Waals surface area (Å²) < 4.78 is 45.9. The Morgan fingerprint density at radius 1 is 1.28 bits per heavy atom. The minimum atomic E-state index is -0.678. The lowest BCUT2D eigenvalue weighted by atomic mass is 10.0. The van der Waals surface area contributed by atoms with Crippen molar-refractivity contribution in [2.75, 3.05) is 20.2 Å². The lowest BCUT2D eigenvalue weighted by molar-refractivity contribution is 0.240. The molecule has 0 N–H and O–H groups in total. The van der Waals surface area contributed by atoms with Crippen LogP contribution in [-0.4, -0.2) is 35.1 Å². The summed E-state index contributed by atoms with van der Waals surface area (Å²) in [6.07, 6.45) is 2.31. The fourth-order valence-electron chi connectivity index (χ4n) is 3.27. The van der Waals surface area contributed by atoms with Crippen LogP contribution in [-0.2, 0) is 6.42 Å². The smallest absolute Gasteiger partial charge is 0.213 e. The van der Waals surface area contributed by atoms with Crippen molar-refractivity contribution >= 4 is 0 Å². The van der Waals surface area contributed by atoms with Crippen LogP contribution in [0, 0.1) is 23.4 Å². The standard InChI is InChI=1S/C18H20F3N3O/c1-11(18-14(20)3-4-17(23-18)25-2)24-6-5-12(10-24)7-16-15(21)8-13(19)9-22-16/h3-4,8-9,11-12H,5-7,10H2,1-2H3/t11-,12+/m0/s1. The maximum absolute atomic E-state index is 14.1. The zero-order valence-electron chi connectivity index (χ0n) is 14.2. The Labute approximate surface area is 144 Å². The Hall–Kier alpha value is -2.15. The fourth-order valence-corrected chi connectivity index (χ4v) is 3.27. The predicted molar refractivity (Wildman–Crippen MR) is 86.7 cm³/mol. The van der Waals surface area contributed by atoms with Crippen molar-refractivity contribution in [1.82, 2.24) is 14.9 Å². The normalized spacial score (nSPS) is 19.2. The minimum absolute atomic E-state index is 0.184. The quantitative estimate of drug-likeness (QED) is 0.826. The van der Waals surface area contributed by atoms with Crippen molar-refractivity contribution in [3.63, 3.8) is 0 Å². The molecule has 1 saturated heterocycles. The van der Waals surface area contributed by atoms with Gasteiger partial charge < -0.3 is 4.74 Å². The van der Waals surface area contributed by atoms with E-state index in [9.17, 15) is 13.2 Å². The first-order valence-corrected chi connectivity index (χ1v) is 8.22. The molecule has 1 aliphatic rings. The number of nitrogens with zero attached hydrogens (tertiary/aromatic N) is 3. The SMILES string of the molecule is COc1ccc(F)c([C@H](C)N2CC[C@H](Cc3ncc(F)cc3F)C2)n1. The molecule has 1 aliphatic heterocycles. The third-order valence-electron chi connectivity index (χ3n) is 4.68. The average molecular weight is 351 g/mol. The van der Waals surface area contributed by atoms with E-state index in [1.54, 1.807) is 0 Å². The van der Waals surface area contributed by atoms with Crippen LogP contribution in [0.5, 0.6) is 5.88 Å². The van der Waals surface area contributed by atoms with Gasteiger partial charge in [0.2, 0.25) is 5.88 Å². The van der Waals surface area contributed by atoms with Gasteiger partial charge in [-0.05, 0) is 38.3 Å². The summed E-state index contributed by atoms with van der Waals surface area (Å²) in [5.74, 6) is -1.11. The maximum atomic E-state index is 14.1. The first kappa shape index (κ1) is 17.7. The molecule has 25 heavy (non-hydrogen) atoms. The molecule has 0 saturated carbocycles. The van der Waals surface area contributed by atoms with E-state index in [2.05, 4.69) is 14.9 Å². The summed E-state index contributed by atoms with van der Waals surface area (Å²) in [5.41, 5.74) is 0.609. The number of pyridine rings is 2. The predicted octanol–water partition coefficient (Wildman–Crippen LogP) is 3.53. The van der Waals surface area contributed by atoms with Gasteiger partial charge in [0.1, 0.15) is 17.5 Å². The van der Waals surface area contributed by atoms with Crippen molar-refractivity contribution in [2.45, 2.75) is 25.8 Å². The van der Waals surface area contributed by atoms with Crippen molar-refractivity contribution in [1.29, 1.82) is 0 Å². The van der Waals surface area contributed by atoms with E-state index < -0.39 is 11.6 Å². The second-order valence-electron chi connectivity index (χ2n) is 6.33. The van der Waals surface area contributed by atoms with Gasteiger partial charge in [-0.15, -0.1) is 0 Å². The summed E-state index contributed by atoms with van der Waals surface area (Å²) in [5, 5.41) is 0. The molecule has 134 valence electrons. The third kappa shape index (κ3) is 3.92. The topological polar surface area (TPSA) is 38.2 Å². The van der Waals surface area contributed by atoms with Crippen LogP contribution < -0.4 is 4.74 Å². The largest absolute Gasteiger partial charge is 0.481 e. The molecule has 4 nitrogen and oxygen atoms in total. The van der Waals surface area contributed by atoms with E-state index >= 15 is 0 Å². The zero-order valence-corrected chi connectivity index (χ0v) is 14.2. The maximum Gasteiger partial charge on any atom is 0.213 e. The lowest BCUT2D eigenvalue weighted by Crippen LogP contribution is -2.26. The van der Waals surface area contributed by atoms with E-state index in [1.807, 2.05) is 6.92 Å². The van der Waals surface area contributed by atoms with E-state index in [0.29, 0.717) is 24.5 Å². The van der Waals surface area contributed by atoms with Gasteiger partial charge in [0.15, 0.2) is 0 Å². The Morgan fingerprint density at radius 2 is 2.08 bits per heavy atom. The summed E-state index contributed by atoms with van der Waals surface area (Å²) >= 11 is 0. The zero-order chi connectivity index (χ0) is 18.0. The molecule has 2 atom stereocenters. The van der Waals surface area contributed by atoms with Crippen molar-refractivity contribution in [3.05, 3.63) is 53.2 Å². The molecule has 0 bridgehead atoms. The number of likely N-dealkylation sites (tertiary alicyclic amines) is 1. The Kier molecular flexibility index (Phi) is 5.22. The Balaban J connectivity index is 1.68. The van der Waals surface area contributed by atoms with Crippen LogP contribution in [0.4, 0.5) is 13.2 Å². The molecule has 0 spiro atoms. The number of aromatic nitrogens is 2. The summed E-state index contributed by atoms with van der Waals surface area (Å²) in [6, 6.07) is 3.48. The third-order valence-corrected chi connectivity index (χ3v) is 4.68. The van der Waals surface area contributed by atoms with Crippen molar-refractivity contribution in [3.8, 4) is 5.88 Å². The molecule has 2 aromatic rings. The van der Waals surface area contributed by atoms with E-state index in [4.69, 9.17) is 4.74 Å². The number of rotatable bonds is 5. The number of ether oxygens (including phenoxy) is 1. The average Bonchev–Trinajstić information content (AvgIpc) is 3.06. The van der Waals surface area contributed by atoms with E-state index in [-0.39, 0.29) is 23.5 Å². The summed E-state index contributed by atoms with van der Waals surface area (Å²) in [6.45, 7) is 3.33. The van der Waals surface area contributed by atoms with Crippen LogP contribution in [0.15, 0.2) is 24.4 Å². The molecule has 0 aromatic carbocycles. The second kappa shape index (κ2) is 7.39. The van der Waals surface area contributed by atoms with Gasteiger partial charge >= 0.3 is 0 Å². The van der Waals surface area contributed by atoms with Gasteiger partial charge in [0, 0.05) is 18.7 Å². The molecule has 0 aliphatic carbocycles. The van der Waals surface area contributed by atoms with Gasteiger partial charge in [-0.2, -0.15) is 0 Å². The van der Waals surface area contributed by atoms with Crippen LogP contribution in [0.3, 0.4) is 0 Å². The molecule has 3 heterocycles. The highest BCUT2D eigenvalue weighted by Crippen LogP contribution is 2.30. The summed E-state index contributed by atoms with van der Waals surface area (Å²) in [4.78, 5) is 10.2.